The molecule has 0 atom stereocenters. The molecule has 2 nitrogen and oxygen atoms in total. The Kier molecular flexibility index (Phi) is 3.64. The van der Waals surface area contributed by atoms with Crippen LogP contribution >= 0.6 is 0 Å². The summed E-state index contributed by atoms with van der Waals surface area (Å²) in [5, 5.41) is 4.21. The van der Waals surface area contributed by atoms with Crippen molar-refractivity contribution in [2.24, 2.45) is 0 Å². The first-order chi connectivity index (χ1) is 8.90. The zero-order chi connectivity index (χ0) is 14.2. The van der Waals surface area contributed by atoms with Crippen molar-refractivity contribution in [3.8, 4) is 11.3 Å². The Labute approximate surface area is 109 Å². The number of nitrogens with zero attached hydrogens (tertiary/aromatic N) is 2. The lowest BCUT2D eigenvalue weighted by Gasteiger charge is -2.06. The second kappa shape index (κ2) is 5.07. The van der Waals surface area contributed by atoms with Crippen LogP contribution in [0.25, 0.3) is 11.3 Å². The molecule has 0 spiro atoms. The van der Waals surface area contributed by atoms with Gasteiger partial charge >= 0.3 is 0 Å². The Hall–Kier alpha value is -1.78. The highest BCUT2D eigenvalue weighted by atomic mass is 19.3. The molecule has 0 saturated carbocycles. The van der Waals surface area contributed by atoms with Gasteiger partial charge in [-0.2, -0.15) is 5.10 Å². The monoisotopic (exact) mass is 268 g/mol. The fraction of sp³-hybridized carbons (Fsp3) is 0.357. The van der Waals surface area contributed by atoms with E-state index in [0.29, 0.717) is 11.1 Å². The van der Waals surface area contributed by atoms with Gasteiger partial charge in [0.15, 0.2) is 0 Å². The summed E-state index contributed by atoms with van der Waals surface area (Å²) in [6.07, 6.45) is -1.25. The first-order valence-electron chi connectivity index (χ1n) is 6.04. The van der Waals surface area contributed by atoms with Crippen molar-refractivity contribution in [2.75, 3.05) is 0 Å². The highest BCUT2D eigenvalue weighted by Gasteiger charge is 2.21. The summed E-state index contributed by atoms with van der Waals surface area (Å²) < 4.78 is 40.7. The molecule has 0 aliphatic carbocycles. The molecule has 102 valence electrons. The molecule has 1 heterocycles. The first kappa shape index (κ1) is 13.6. The first-order valence-corrected chi connectivity index (χ1v) is 6.04. The van der Waals surface area contributed by atoms with Gasteiger partial charge in [-0.3, -0.25) is 4.68 Å². The largest absolute Gasteiger partial charge is 0.269 e. The molecule has 2 aromatic rings. The fourth-order valence-electron chi connectivity index (χ4n) is 1.93. The van der Waals surface area contributed by atoms with Gasteiger partial charge < -0.3 is 0 Å². The molecule has 0 bridgehead atoms. The number of rotatable bonds is 3. The predicted molar refractivity (Wildman–Crippen MR) is 67.7 cm³/mol. The van der Waals surface area contributed by atoms with E-state index >= 15 is 0 Å². The molecule has 0 amide bonds. The van der Waals surface area contributed by atoms with Crippen molar-refractivity contribution in [2.45, 2.75) is 33.2 Å². The summed E-state index contributed by atoms with van der Waals surface area (Å²) >= 11 is 0. The van der Waals surface area contributed by atoms with Crippen molar-refractivity contribution in [3.05, 3.63) is 41.3 Å². The van der Waals surface area contributed by atoms with Gasteiger partial charge in [0.2, 0.25) is 0 Å². The van der Waals surface area contributed by atoms with Gasteiger partial charge in [0.1, 0.15) is 11.5 Å². The van der Waals surface area contributed by atoms with Gasteiger partial charge in [-0.05, 0) is 44.5 Å². The molecular weight excluding hydrogens is 253 g/mol. The Morgan fingerprint density at radius 1 is 1.21 bits per heavy atom. The second-order valence-electron chi connectivity index (χ2n) is 4.77. The molecule has 0 radical (unpaired) electrons. The maximum absolute atomic E-state index is 13.1. The smallest absolute Gasteiger partial charge is 0.267 e. The number of alkyl halides is 2. The Balaban J connectivity index is 2.60. The average Bonchev–Trinajstić information content (AvgIpc) is 2.73. The molecule has 1 aromatic carbocycles. The van der Waals surface area contributed by atoms with Gasteiger partial charge in [0, 0.05) is 17.8 Å². The van der Waals surface area contributed by atoms with E-state index in [1.165, 1.54) is 29.1 Å². The number of hydrogen-bond donors (Lipinski definition) is 0. The molecule has 5 heteroatoms. The summed E-state index contributed by atoms with van der Waals surface area (Å²) in [6, 6.07) is 4.06. The molecule has 0 unspecified atom stereocenters. The van der Waals surface area contributed by atoms with Gasteiger partial charge in [-0.15, -0.1) is 0 Å². The Morgan fingerprint density at radius 2 is 1.89 bits per heavy atom. The van der Waals surface area contributed by atoms with Gasteiger partial charge in [0.25, 0.3) is 6.43 Å². The molecule has 2 rings (SSSR count). The summed E-state index contributed by atoms with van der Waals surface area (Å²) in [5.74, 6) is -0.386. The van der Waals surface area contributed by atoms with Crippen molar-refractivity contribution in [1.82, 2.24) is 9.78 Å². The minimum absolute atomic E-state index is 0.00740. The van der Waals surface area contributed by atoms with Gasteiger partial charge in [-0.1, -0.05) is 0 Å². The predicted octanol–water partition coefficient (Wildman–Crippen LogP) is 4.52. The van der Waals surface area contributed by atoms with E-state index in [1.807, 2.05) is 13.8 Å². The maximum atomic E-state index is 13.1. The van der Waals surface area contributed by atoms with Crippen LogP contribution in [-0.4, -0.2) is 9.78 Å². The summed E-state index contributed by atoms with van der Waals surface area (Å²) in [5.41, 5.74) is 1.23. The third-order valence-electron chi connectivity index (χ3n) is 2.97. The van der Waals surface area contributed by atoms with Crippen molar-refractivity contribution < 1.29 is 13.2 Å². The van der Waals surface area contributed by atoms with Crippen LogP contribution in [0.4, 0.5) is 13.2 Å². The van der Waals surface area contributed by atoms with E-state index in [-0.39, 0.29) is 23.1 Å². The number of halogens is 3. The van der Waals surface area contributed by atoms with Crippen LogP contribution < -0.4 is 0 Å². The van der Waals surface area contributed by atoms with Gasteiger partial charge in [-0.25, -0.2) is 13.2 Å². The van der Waals surface area contributed by atoms with Crippen LogP contribution in [0.2, 0.25) is 0 Å². The van der Waals surface area contributed by atoms with Crippen molar-refractivity contribution in [1.29, 1.82) is 0 Å². The number of hydrogen-bond acceptors (Lipinski definition) is 1. The van der Waals surface area contributed by atoms with E-state index in [4.69, 9.17) is 0 Å². The fourth-order valence-corrected chi connectivity index (χ4v) is 1.93. The minimum Gasteiger partial charge on any atom is -0.269 e. The van der Waals surface area contributed by atoms with Crippen LogP contribution in [0.1, 0.15) is 37.4 Å². The van der Waals surface area contributed by atoms with Crippen LogP contribution in [0.5, 0.6) is 0 Å². The Morgan fingerprint density at radius 3 is 2.42 bits per heavy atom. The molecule has 0 fully saturated rings. The maximum Gasteiger partial charge on any atom is 0.267 e. The normalized spacial score (nSPS) is 11.6. The molecule has 19 heavy (non-hydrogen) atoms. The van der Waals surface area contributed by atoms with E-state index in [1.54, 1.807) is 6.92 Å². The average molecular weight is 268 g/mol. The number of aromatic nitrogens is 2. The van der Waals surface area contributed by atoms with E-state index in [2.05, 4.69) is 5.10 Å². The molecule has 0 aliphatic heterocycles. The molecule has 0 saturated heterocycles. The van der Waals surface area contributed by atoms with Crippen molar-refractivity contribution >= 4 is 0 Å². The van der Waals surface area contributed by atoms with Crippen molar-refractivity contribution in [3.63, 3.8) is 0 Å². The summed E-state index contributed by atoms with van der Waals surface area (Å²) in [6.45, 7) is 5.41. The van der Waals surface area contributed by atoms with Crippen LogP contribution in [0.15, 0.2) is 24.4 Å². The highest BCUT2D eigenvalue weighted by molar-refractivity contribution is 5.66. The van der Waals surface area contributed by atoms with Crippen LogP contribution in [-0.2, 0) is 0 Å². The quantitative estimate of drug-likeness (QED) is 0.800. The lowest BCUT2D eigenvalue weighted by Crippen LogP contribution is -2.01. The molecule has 0 N–H and O–H groups in total. The minimum atomic E-state index is -2.60. The topological polar surface area (TPSA) is 17.8 Å². The lowest BCUT2D eigenvalue weighted by molar-refractivity contribution is 0.152. The van der Waals surface area contributed by atoms with Crippen LogP contribution in [0.3, 0.4) is 0 Å². The number of benzene rings is 1. The highest BCUT2D eigenvalue weighted by Crippen LogP contribution is 2.32. The van der Waals surface area contributed by atoms with E-state index in [9.17, 15) is 13.2 Å². The SMILES string of the molecule is Cc1cc(F)ccc1-c1nn(C(C)C)cc1C(F)F. The molecule has 1 aromatic heterocycles. The zero-order valence-electron chi connectivity index (χ0n) is 11.0. The van der Waals surface area contributed by atoms with Gasteiger partial charge in [0.05, 0.1) is 5.56 Å². The third kappa shape index (κ3) is 2.64. The number of aryl methyl sites for hydroxylation is 1. The van der Waals surface area contributed by atoms with Crippen LogP contribution in [0, 0.1) is 12.7 Å². The van der Waals surface area contributed by atoms with E-state index in [0.717, 1.165) is 0 Å². The van der Waals surface area contributed by atoms with E-state index < -0.39 is 6.43 Å². The molecular formula is C14H15F3N2. The lowest BCUT2D eigenvalue weighted by atomic mass is 10.0. The zero-order valence-corrected chi connectivity index (χ0v) is 11.0. The Bertz CT molecular complexity index is 588. The second-order valence-corrected chi connectivity index (χ2v) is 4.77. The standard InChI is InChI=1S/C14H15F3N2/c1-8(2)19-7-12(14(16)17)13(18-19)11-5-4-10(15)6-9(11)3/h4-8,14H,1-3H3. The third-order valence-corrected chi connectivity index (χ3v) is 2.97. The summed E-state index contributed by atoms with van der Waals surface area (Å²) in [7, 11) is 0. The summed E-state index contributed by atoms with van der Waals surface area (Å²) in [4.78, 5) is 0. The molecule has 0 aliphatic rings.